The molecule has 1 aromatic heterocycles. The number of nitrogens with zero attached hydrogens (tertiary/aromatic N) is 3. The van der Waals surface area contributed by atoms with Crippen LogP contribution in [0.4, 0.5) is 0 Å². The molecule has 130 valence electrons. The van der Waals surface area contributed by atoms with E-state index in [0.717, 1.165) is 11.5 Å². The lowest BCUT2D eigenvalue weighted by atomic mass is 10.2. The first-order chi connectivity index (χ1) is 11.2. The van der Waals surface area contributed by atoms with E-state index >= 15 is 0 Å². The largest absolute Gasteiger partial charge is 0.354 e. The second-order valence-electron chi connectivity index (χ2n) is 5.57. The summed E-state index contributed by atoms with van der Waals surface area (Å²) >= 11 is 5.98. The van der Waals surface area contributed by atoms with E-state index in [2.05, 4.69) is 25.8 Å². The number of rotatable bonds is 4. The maximum absolute atomic E-state index is 5.98. The second kappa shape index (κ2) is 9.22. The van der Waals surface area contributed by atoms with Gasteiger partial charge in [0, 0.05) is 23.7 Å². The van der Waals surface area contributed by atoms with Gasteiger partial charge in [-0.2, -0.15) is 4.98 Å². The Morgan fingerprint density at radius 1 is 1.38 bits per heavy atom. The highest BCUT2D eigenvalue weighted by molar-refractivity contribution is 14.0. The summed E-state index contributed by atoms with van der Waals surface area (Å²) in [5.41, 5.74) is 0.834. The summed E-state index contributed by atoms with van der Waals surface area (Å²) in [7, 11) is 1.76. The standard InChI is InChI=1S/C16H20ClN5O.HI/c1-18-16(20-13-7-2-3-8-13)19-10-14-21-15(22-23-14)11-5-4-6-12(17)9-11;/h4-6,9,13H,2-3,7-8,10H2,1H3,(H2,18,19,20);1H. The summed E-state index contributed by atoms with van der Waals surface area (Å²) in [5, 5.41) is 11.3. The number of halogens is 2. The summed E-state index contributed by atoms with van der Waals surface area (Å²) in [5.74, 6) is 1.80. The van der Waals surface area contributed by atoms with E-state index in [1.165, 1.54) is 25.7 Å². The highest BCUT2D eigenvalue weighted by Crippen LogP contribution is 2.20. The smallest absolute Gasteiger partial charge is 0.246 e. The first-order valence-electron chi connectivity index (χ1n) is 7.80. The number of benzene rings is 1. The molecular weight excluding hydrogens is 441 g/mol. The minimum Gasteiger partial charge on any atom is -0.354 e. The number of nitrogens with one attached hydrogen (secondary N) is 2. The fourth-order valence-electron chi connectivity index (χ4n) is 2.69. The van der Waals surface area contributed by atoms with Crippen LogP contribution in [0.5, 0.6) is 0 Å². The van der Waals surface area contributed by atoms with Gasteiger partial charge < -0.3 is 15.2 Å². The van der Waals surface area contributed by atoms with E-state index in [4.69, 9.17) is 16.1 Å². The molecule has 0 saturated heterocycles. The van der Waals surface area contributed by atoms with Gasteiger partial charge in [-0.1, -0.05) is 41.7 Å². The molecule has 1 fully saturated rings. The highest BCUT2D eigenvalue weighted by atomic mass is 127. The molecular formula is C16H21ClIN5O. The summed E-state index contributed by atoms with van der Waals surface area (Å²) < 4.78 is 5.27. The molecule has 0 bridgehead atoms. The average Bonchev–Trinajstić information content (AvgIpc) is 3.23. The van der Waals surface area contributed by atoms with Gasteiger partial charge in [-0.25, -0.2) is 0 Å². The molecule has 1 aromatic carbocycles. The fourth-order valence-corrected chi connectivity index (χ4v) is 2.88. The van der Waals surface area contributed by atoms with Gasteiger partial charge in [0.25, 0.3) is 0 Å². The van der Waals surface area contributed by atoms with Gasteiger partial charge in [0.2, 0.25) is 11.7 Å². The van der Waals surface area contributed by atoms with E-state index in [0.29, 0.717) is 29.3 Å². The molecule has 2 aromatic rings. The third-order valence-electron chi connectivity index (χ3n) is 3.88. The van der Waals surface area contributed by atoms with Gasteiger partial charge in [0.15, 0.2) is 5.96 Å². The Kier molecular flexibility index (Phi) is 7.29. The fraction of sp³-hybridized carbons (Fsp3) is 0.438. The molecule has 1 saturated carbocycles. The predicted molar refractivity (Wildman–Crippen MR) is 106 cm³/mol. The van der Waals surface area contributed by atoms with Crippen molar-refractivity contribution in [1.29, 1.82) is 0 Å². The van der Waals surface area contributed by atoms with E-state index in [1.54, 1.807) is 7.05 Å². The normalized spacial score (nSPS) is 15.2. The minimum absolute atomic E-state index is 0. The maximum atomic E-state index is 5.98. The van der Waals surface area contributed by atoms with Crippen LogP contribution in [-0.4, -0.2) is 29.2 Å². The van der Waals surface area contributed by atoms with Crippen LogP contribution >= 0.6 is 35.6 Å². The Morgan fingerprint density at radius 3 is 2.88 bits per heavy atom. The molecule has 0 radical (unpaired) electrons. The molecule has 0 amide bonds. The SMILES string of the molecule is CN=C(NCc1nc(-c2cccc(Cl)c2)no1)NC1CCCC1.I. The van der Waals surface area contributed by atoms with Crippen LogP contribution in [0.3, 0.4) is 0 Å². The number of aromatic nitrogens is 2. The lowest BCUT2D eigenvalue weighted by molar-refractivity contribution is 0.375. The van der Waals surface area contributed by atoms with Gasteiger partial charge in [-0.3, -0.25) is 4.99 Å². The number of hydrogen-bond acceptors (Lipinski definition) is 4. The summed E-state index contributed by atoms with van der Waals surface area (Å²) in [4.78, 5) is 8.61. The van der Waals surface area contributed by atoms with Gasteiger partial charge in [0.05, 0.1) is 6.54 Å². The summed E-state index contributed by atoms with van der Waals surface area (Å²) in [6.07, 6.45) is 4.95. The topological polar surface area (TPSA) is 75.3 Å². The van der Waals surface area contributed by atoms with E-state index in [9.17, 15) is 0 Å². The Bertz CT molecular complexity index is 685. The van der Waals surface area contributed by atoms with Gasteiger partial charge in [-0.05, 0) is 25.0 Å². The number of aliphatic imine (C=N–C) groups is 1. The number of hydrogen-bond donors (Lipinski definition) is 2. The molecule has 0 atom stereocenters. The van der Waals surface area contributed by atoms with Gasteiger partial charge >= 0.3 is 0 Å². The monoisotopic (exact) mass is 461 g/mol. The Hall–Kier alpha value is -1.35. The molecule has 0 aliphatic heterocycles. The number of guanidine groups is 1. The molecule has 2 N–H and O–H groups in total. The molecule has 6 nitrogen and oxygen atoms in total. The van der Waals surface area contributed by atoms with Crippen molar-refractivity contribution in [2.24, 2.45) is 4.99 Å². The molecule has 0 spiro atoms. The first kappa shape index (κ1) is 19.0. The average molecular weight is 462 g/mol. The van der Waals surface area contributed by atoms with Crippen molar-refractivity contribution in [2.45, 2.75) is 38.3 Å². The van der Waals surface area contributed by atoms with Crippen LogP contribution in [0.2, 0.25) is 5.02 Å². The Morgan fingerprint density at radius 2 is 2.17 bits per heavy atom. The molecule has 1 aliphatic carbocycles. The summed E-state index contributed by atoms with van der Waals surface area (Å²) in [6, 6.07) is 7.88. The van der Waals surface area contributed by atoms with Crippen LogP contribution in [0.15, 0.2) is 33.8 Å². The molecule has 0 unspecified atom stereocenters. The lowest BCUT2D eigenvalue weighted by Crippen LogP contribution is -2.41. The van der Waals surface area contributed by atoms with Crippen LogP contribution in [0.1, 0.15) is 31.6 Å². The predicted octanol–water partition coefficient (Wildman–Crippen LogP) is 3.62. The zero-order valence-corrected chi connectivity index (χ0v) is 16.5. The van der Waals surface area contributed by atoms with Crippen LogP contribution in [-0.2, 0) is 6.54 Å². The zero-order valence-electron chi connectivity index (χ0n) is 13.5. The second-order valence-corrected chi connectivity index (χ2v) is 6.01. The molecule has 1 heterocycles. The van der Waals surface area contributed by atoms with Crippen molar-refractivity contribution in [3.63, 3.8) is 0 Å². The van der Waals surface area contributed by atoms with Crippen molar-refractivity contribution >= 4 is 41.5 Å². The van der Waals surface area contributed by atoms with Crippen molar-refractivity contribution in [3.05, 3.63) is 35.2 Å². The molecule has 3 rings (SSSR count). The quantitative estimate of drug-likeness (QED) is 0.413. The highest BCUT2D eigenvalue weighted by Gasteiger charge is 2.16. The maximum Gasteiger partial charge on any atom is 0.246 e. The van der Waals surface area contributed by atoms with E-state index < -0.39 is 0 Å². The zero-order chi connectivity index (χ0) is 16.1. The van der Waals surface area contributed by atoms with Crippen LogP contribution in [0.25, 0.3) is 11.4 Å². The Labute approximate surface area is 163 Å². The van der Waals surface area contributed by atoms with Crippen molar-refractivity contribution in [1.82, 2.24) is 20.8 Å². The van der Waals surface area contributed by atoms with Crippen molar-refractivity contribution in [3.8, 4) is 11.4 Å². The van der Waals surface area contributed by atoms with Gasteiger partial charge in [-0.15, -0.1) is 24.0 Å². The third-order valence-corrected chi connectivity index (χ3v) is 4.11. The van der Waals surface area contributed by atoms with Crippen LogP contribution < -0.4 is 10.6 Å². The molecule has 1 aliphatic rings. The third kappa shape index (κ3) is 5.07. The van der Waals surface area contributed by atoms with E-state index in [-0.39, 0.29) is 24.0 Å². The van der Waals surface area contributed by atoms with Crippen molar-refractivity contribution in [2.75, 3.05) is 7.05 Å². The first-order valence-corrected chi connectivity index (χ1v) is 8.18. The van der Waals surface area contributed by atoms with Gasteiger partial charge in [0.1, 0.15) is 0 Å². The molecule has 24 heavy (non-hydrogen) atoms. The molecule has 8 heteroatoms. The lowest BCUT2D eigenvalue weighted by Gasteiger charge is -2.15. The van der Waals surface area contributed by atoms with Crippen molar-refractivity contribution < 1.29 is 4.52 Å². The Balaban J connectivity index is 0.00000208. The van der Waals surface area contributed by atoms with Crippen LogP contribution in [0, 0.1) is 0 Å². The van der Waals surface area contributed by atoms with E-state index in [1.807, 2.05) is 24.3 Å². The minimum atomic E-state index is 0. The summed E-state index contributed by atoms with van der Waals surface area (Å²) in [6.45, 7) is 0.431.